The molecule has 2 unspecified atom stereocenters. The molecule has 0 bridgehead atoms. The van der Waals surface area contributed by atoms with Gasteiger partial charge in [0.25, 0.3) is 0 Å². The molecule has 1 aliphatic heterocycles. The first kappa shape index (κ1) is 16.5. The van der Waals surface area contributed by atoms with E-state index in [2.05, 4.69) is 38.2 Å². The van der Waals surface area contributed by atoms with Crippen molar-refractivity contribution >= 4 is 0 Å². The third-order valence-electron chi connectivity index (χ3n) is 3.72. The second kappa shape index (κ2) is 11.3. The monoisotopic (exact) mass is 264 g/mol. The first-order chi connectivity index (χ1) is 9.38. The Kier molecular flexibility index (Phi) is 9.79. The molecule has 0 aromatic carbocycles. The Morgan fingerprint density at radius 1 is 0.737 bits per heavy atom. The molecule has 0 N–H and O–H groups in total. The highest BCUT2D eigenvalue weighted by molar-refractivity contribution is 4.97. The molecule has 0 aliphatic carbocycles. The Bertz CT molecular complexity index is 254. The van der Waals surface area contributed by atoms with Crippen molar-refractivity contribution in [2.45, 2.75) is 90.3 Å². The van der Waals surface area contributed by atoms with Crippen LogP contribution in [-0.4, -0.2) is 12.2 Å². The summed E-state index contributed by atoms with van der Waals surface area (Å²) in [5, 5.41) is 0. The summed E-state index contributed by atoms with van der Waals surface area (Å²) in [5.74, 6) is 0. The molecule has 0 saturated carbocycles. The summed E-state index contributed by atoms with van der Waals surface area (Å²) in [6, 6.07) is 0. The van der Waals surface area contributed by atoms with Gasteiger partial charge in [0.05, 0.1) is 12.2 Å². The Morgan fingerprint density at radius 3 is 2.05 bits per heavy atom. The molecule has 110 valence electrons. The maximum absolute atomic E-state index is 5.63. The van der Waals surface area contributed by atoms with Crippen molar-refractivity contribution in [1.82, 2.24) is 0 Å². The number of rotatable bonds is 12. The highest BCUT2D eigenvalue weighted by Crippen LogP contribution is 2.29. The van der Waals surface area contributed by atoms with E-state index >= 15 is 0 Å². The van der Waals surface area contributed by atoms with E-state index < -0.39 is 0 Å². The van der Waals surface area contributed by atoms with Crippen molar-refractivity contribution in [3.05, 3.63) is 24.3 Å². The van der Waals surface area contributed by atoms with Crippen LogP contribution in [0.2, 0.25) is 0 Å². The van der Waals surface area contributed by atoms with Crippen LogP contribution in [0.5, 0.6) is 0 Å². The summed E-state index contributed by atoms with van der Waals surface area (Å²) in [6.07, 6.45) is 23.1. The molecule has 1 heterocycles. The fourth-order valence-corrected chi connectivity index (χ4v) is 2.38. The van der Waals surface area contributed by atoms with Crippen molar-refractivity contribution in [2.75, 3.05) is 0 Å². The van der Waals surface area contributed by atoms with Gasteiger partial charge in [-0.3, -0.25) is 0 Å². The molecule has 0 radical (unpaired) electrons. The lowest BCUT2D eigenvalue weighted by Gasteiger charge is -1.97. The minimum atomic E-state index is 0.501. The van der Waals surface area contributed by atoms with Gasteiger partial charge in [0.2, 0.25) is 0 Å². The third kappa shape index (κ3) is 9.04. The topological polar surface area (TPSA) is 12.5 Å². The van der Waals surface area contributed by atoms with Gasteiger partial charge in [-0.05, 0) is 32.1 Å². The molecule has 1 fully saturated rings. The number of hydrogen-bond acceptors (Lipinski definition) is 1. The number of hydrogen-bond donors (Lipinski definition) is 0. The average Bonchev–Trinajstić information content (AvgIpc) is 3.16. The largest absolute Gasteiger partial charge is 0.369 e. The van der Waals surface area contributed by atoms with Gasteiger partial charge < -0.3 is 4.74 Å². The Hall–Kier alpha value is -0.560. The minimum absolute atomic E-state index is 0.501. The maximum atomic E-state index is 5.63. The van der Waals surface area contributed by atoms with E-state index in [1.54, 1.807) is 0 Å². The molecule has 1 heteroatoms. The fraction of sp³-hybridized carbons (Fsp3) is 0.778. The van der Waals surface area contributed by atoms with Gasteiger partial charge in [0.1, 0.15) is 0 Å². The fourth-order valence-electron chi connectivity index (χ4n) is 2.38. The molecule has 0 spiro atoms. The summed E-state index contributed by atoms with van der Waals surface area (Å²) >= 11 is 0. The Balaban J connectivity index is 1.85. The average molecular weight is 264 g/mol. The summed E-state index contributed by atoms with van der Waals surface area (Å²) in [7, 11) is 0. The van der Waals surface area contributed by atoms with Crippen molar-refractivity contribution < 1.29 is 4.74 Å². The highest BCUT2D eigenvalue weighted by Gasteiger charge is 2.35. The SMILES string of the molecule is CC/C=C\CC1OC1C/C=C\CCCCCCCC. The minimum Gasteiger partial charge on any atom is -0.369 e. The van der Waals surface area contributed by atoms with Crippen LogP contribution in [0.3, 0.4) is 0 Å². The maximum Gasteiger partial charge on any atom is 0.0879 e. The molecule has 1 nitrogen and oxygen atoms in total. The lowest BCUT2D eigenvalue weighted by atomic mass is 10.1. The van der Waals surface area contributed by atoms with Gasteiger partial charge in [-0.25, -0.2) is 0 Å². The van der Waals surface area contributed by atoms with Crippen molar-refractivity contribution in [3.63, 3.8) is 0 Å². The van der Waals surface area contributed by atoms with Gasteiger partial charge in [0.15, 0.2) is 0 Å². The van der Waals surface area contributed by atoms with Crippen LogP contribution >= 0.6 is 0 Å². The summed E-state index contributed by atoms with van der Waals surface area (Å²) in [6.45, 7) is 4.45. The van der Waals surface area contributed by atoms with E-state index in [1.807, 2.05) is 0 Å². The van der Waals surface area contributed by atoms with Gasteiger partial charge in [-0.2, -0.15) is 0 Å². The summed E-state index contributed by atoms with van der Waals surface area (Å²) in [4.78, 5) is 0. The van der Waals surface area contributed by atoms with E-state index in [1.165, 1.54) is 44.9 Å². The molecule has 1 saturated heterocycles. The zero-order valence-corrected chi connectivity index (χ0v) is 12.9. The number of unbranched alkanes of at least 4 members (excludes halogenated alkanes) is 6. The first-order valence-corrected chi connectivity index (χ1v) is 8.34. The van der Waals surface area contributed by atoms with Crippen LogP contribution in [0, 0.1) is 0 Å². The lowest BCUT2D eigenvalue weighted by Crippen LogP contribution is -1.90. The van der Waals surface area contributed by atoms with E-state index in [0.29, 0.717) is 12.2 Å². The van der Waals surface area contributed by atoms with Gasteiger partial charge in [-0.1, -0.05) is 70.3 Å². The first-order valence-electron chi connectivity index (χ1n) is 8.34. The second-order valence-electron chi connectivity index (χ2n) is 5.59. The van der Waals surface area contributed by atoms with Crippen LogP contribution in [0.25, 0.3) is 0 Å². The normalized spacial score (nSPS) is 22.6. The molecular formula is C18H32O. The van der Waals surface area contributed by atoms with Gasteiger partial charge in [-0.15, -0.1) is 0 Å². The molecule has 0 aromatic rings. The van der Waals surface area contributed by atoms with Crippen LogP contribution in [0.15, 0.2) is 24.3 Å². The quantitative estimate of drug-likeness (QED) is 0.246. The second-order valence-corrected chi connectivity index (χ2v) is 5.59. The number of epoxide rings is 1. The highest BCUT2D eigenvalue weighted by atomic mass is 16.6. The van der Waals surface area contributed by atoms with E-state index in [9.17, 15) is 0 Å². The number of ether oxygens (including phenoxy) is 1. The van der Waals surface area contributed by atoms with Crippen molar-refractivity contribution in [3.8, 4) is 0 Å². The molecule has 2 atom stereocenters. The van der Waals surface area contributed by atoms with E-state index in [4.69, 9.17) is 4.74 Å². The van der Waals surface area contributed by atoms with Gasteiger partial charge >= 0.3 is 0 Å². The van der Waals surface area contributed by atoms with Crippen molar-refractivity contribution in [2.24, 2.45) is 0 Å². The molecule has 0 amide bonds. The van der Waals surface area contributed by atoms with Crippen LogP contribution in [0.1, 0.15) is 78.1 Å². The smallest absolute Gasteiger partial charge is 0.0879 e. The number of allylic oxidation sites excluding steroid dienone is 2. The van der Waals surface area contributed by atoms with Crippen molar-refractivity contribution in [1.29, 1.82) is 0 Å². The van der Waals surface area contributed by atoms with Crippen LogP contribution in [0.4, 0.5) is 0 Å². The molecular weight excluding hydrogens is 232 g/mol. The molecule has 0 aromatic heterocycles. The predicted octanol–water partition coefficient (Wildman–Crippen LogP) is 5.81. The Morgan fingerprint density at radius 2 is 1.37 bits per heavy atom. The van der Waals surface area contributed by atoms with E-state index in [0.717, 1.165) is 19.3 Å². The van der Waals surface area contributed by atoms with Gasteiger partial charge in [0, 0.05) is 0 Å². The molecule has 1 rings (SSSR count). The summed E-state index contributed by atoms with van der Waals surface area (Å²) in [5.41, 5.74) is 0. The molecule has 19 heavy (non-hydrogen) atoms. The van der Waals surface area contributed by atoms with Crippen LogP contribution < -0.4 is 0 Å². The standard InChI is InChI=1S/C18H32O/c1-3-5-7-8-9-10-11-12-14-16-18-17(19-18)15-13-6-4-2/h6,12-14,17-18H,3-5,7-11,15-16H2,1-2H3/b13-6-,14-12-. The molecule has 1 aliphatic rings. The third-order valence-corrected chi connectivity index (χ3v) is 3.72. The Labute approximate surface area is 120 Å². The zero-order chi connectivity index (χ0) is 13.8. The van der Waals surface area contributed by atoms with Crippen LogP contribution in [-0.2, 0) is 4.74 Å². The lowest BCUT2D eigenvalue weighted by molar-refractivity contribution is 0.372. The zero-order valence-electron chi connectivity index (χ0n) is 12.9. The predicted molar refractivity (Wildman–Crippen MR) is 84.5 cm³/mol. The summed E-state index contributed by atoms with van der Waals surface area (Å²) < 4.78 is 5.63. The van der Waals surface area contributed by atoms with E-state index in [-0.39, 0.29) is 0 Å².